The first kappa shape index (κ1) is 18.1. The fourth-order valence-corrected chi connectivity index (χ4v) is 3.15. The minimum Gasteiger partial charge on any atom is -0.309 e. The number of hydroxylamine groups is 2. The van der Waals surface area contributed by atoms with Crippen molar-refractivity contribution >= 4 is 17.8 Å². The number of pyridine rings is 1. The Morgan fingerprint density at radius 2 is 2.19 bits per heavy atom. The molecule has 2 fully saturated rings. The van der Waals surface area contributed by atoms with Crippen molar-refractivity contribution in [3.05, 3.63) is 30.1 Å². The van der Waals surface area contributed by atoms with E-state index in [9.17, 15) is 14.4 Å². The number of hydrogen-bond donors (Lipinski definition) is 2. The summed E-state index contributed by atoms with van der Waals surface area (Å²) in [5, 5.41) is 1.40. The second kappa shape index (κ2) is 8.13. The molecule has 2 atom stereocenters. The van der Waals surface area contributed by atoms with E-state index in [4.69, 9.17) is 4.84 Å². The molecule has 0 saturated carbocycles. The molecule has 2 saturated heterocycles. The van der Waals surface area contributed by atoms with Crippen LogP contribution in [0.5, 0.6) is 0 Å². The number of rotatable bonds is 6. The molecule has 3 rings (SSSR count). The molecule has 26 heavy (non-hydrogen) atoms. The highest BCUT2D eigenvalue weighted by molar-refractivity contribution is 5.96. The van der Waals surface area contributed by atoms with Gasteiger partial charge in [-0.3, -0.25) is 30.3 Å². The van der Waals surface area contributed by atoms with Crippen LogP contribution < -0.4 is 10.9 Å². The third kappa shape index (κ3) is 3.77. The summed E-state index contributed by atoms with van der Waals surface area (Å²) < 4.78 is 0. The van der Waals surface area contributed by atoms with Gasteiger partial charge in [-0.15, -0.1) is 0 Å². The van der Waals surface area contributed by atoms with Crippen LogP contribution in [0.3, 0.4) is 0 Å². The van der Waals surface area contributed by atoms with Crippen molar-refractivity contribution in [1.29, 1.82) is 0 Å². The Bertz CT molecular complexity index is 668. The molecule has 2 aliphatic heterocycles. The summed E-state index contributed by atoms with van der Waals surface area (Å²) in [6, 6.07) is 2.30. The van der Waals surface area contributed by atoms with Crippen LogP contribution in [0.4, 0.5) is 4.79 Å². The lowest BCUT2D eigenvalue weighted by molar-refractivity contribution is -0.131. The van der Waals surface area contributed by atoms with Crippen LogP contribution in [0, 0.1) is 0 Å². The SMILES string of the molecule is CCCCON1C(=O)N2C[C@@H]1CC[C@H]2C(=O)NNC(=O)c1cccnc1. The summed E-state index contributed by atoms with van der Waals surface area (Å²) in [6.07, 6.45) is 6.03. The number of carbonyl (C=O) groups excluding carboxylic acids is 3. The van der Waals surface area contributed by atoms with Gasteiger partial charge in [-0.2, -0.15) is 5.06 Å². The van der Waals surface area contributed by atoms with Crippen molar-refractivity contribution in [2.75, 3.05) is 13.2 Å². The highest BCUT2D eigenvalue weighted by atomic mass is 16.7. The molecule has 0 unspecified atom stereocenters. The Balaban J connectivity index is 1.54. The van der Waals surface area contributed by atoms with E-state index < -0.39 is 17.9 Å². The molecule has 2 bridgehead atoms. The number of carbonyl (C=O) groups is 3. The molecule has 3 heterocycles. The zero-order valence-electron chi connectivity index (χ0n) is 14.7. The second-order valence-corrected chi connectivity index (χ2v) is 6.38. The lowest BCUT2D eigenvalue weighted by Gasteiger charge is -2.29. The summed E-state index contributed by atoms with van der Waals surface area (Å²) in [5.74, 6) is -0.873. The smallest absolute Gasteiger partial charge is 0.309 e. The average Bonchev–Trinajstić information content (AvgIpc) is 2.91. The Labute approximate surface area is 151 Å². The van der Waals surface area contributed by atoms with E-state index in [1.54, 1.807) is 18.3 Å². The summed E-state index contributed by atoms with van der Waals surface area (Å²) in [5.41, 5.74) is 5.10. The molecule has 0 aromatic carbocycles. The Kier molecular flexibility index (Phi) is 5.67. The number of hydrogen-bond acceptors (Lipinski definition) is 5. The van der Waals surface area contributed by atoms with E-state index in [-0.39, 0.29) is 12.1 Å². The molecule has 140 valence electrons. The predicted molar refractivity (Wildman–Crippen MR) is 91.5 cm³/mol. The molecule has 9 heteroatoms. The quantitative estimate of drug-likeness (QED) is 0.577. The fourth-order valence-electron chi connectivity index (χ4n) is 3.15. The predicted octanol–water partition coefficient (Wildman–Crippen LogP) is 0.843. The van der Waals surface area contributed by atoms with Crippen molar-refractivity contribution in [3.63, 3.8) is 0 Å². The van der Waals surface area contributed by atoms with Crippen LogP contribution in [0.1, 0.15) is 43.0 Å². The maximum Gasteiger partial charge on any atom is 0.345 e. The first-order valence-electron chi connectivity index (χ1n) is 8.84. The lowest BCUT2D eigenvalue weighted by Crippen LogP contribution is -2.54. The monoisotopic (exact) mass is 361 g/mol. The van der Waals surface area contributed by atoms with Gasteiger partial charge in [-0.05, 0) is 31.4 Å². The minimum atomic E-state index is -0.618. The molecule has 2 N–H and O–H groups in total. The van der Waals surface area contributed by atoms with Crippen LogP contribution in [0.15, 0.2) is 24.5 Å². The first-order valence-corrected chi connectivity index (χ1v) is 8.84. The van der Waals surface area contributed by atoms with Crippen LogP contribution in [-0.2, 0) is 9.63 Å². The topological polar surface area (TPSA) is 104 Å². The minimum absolute atomic E-state index is 0.0200. The van der Waals surface area contributed by atoms with Gasteiger partial charge >= 0.3 is 6.03 Å². The maximum atomic E-state index is 12.5. The van der Waals surface area contributed by atoms with E-state index in [1.165, 1.54) is 16.2 Å². The number of urea groups is 1. The average molecular weight is 361 g/mol. The molecule has 1 aromatic heterocycles. The van der Waals surface area contributed by atoms with E-state index in [0.717, 1.165) is 12.8 Å². The molecule has 0 spiro atoms. The number of unbranched alkanes of at least 4 members (excludes halogenated alkanes) is 1. The van der Waals surface area contributed by atoms with E-state index in [2.05, 4.69) is 22.8 Å². The number of nitrogens with one attached hydrogen (secondary N) is 2. The number of hydrazine groups is 1. The third-order valence-electron chi connectivity index (χ3n) is 4.58. The number of fused-ring (bicyclic) bond motifs is 2. The molecule has 9 nitrogen and oxygen atoms in total. The lowest BCUT2D eigenvalue weighted by atomic mass is 10.0. The molecule has 0 radical (unpaired) electrons. The normalized spacial score (nSPS) is 21.7. The second-order valence-electron chi connectivity index (χ2n) is 6.38. The van der Waals surface area contributed by atoms with Gasteiger partial charge in [0.1, 0.15) is 6.04 Å². The van der Waals surface area contributed by atoms with Crippen molar-refractivity contribution < 1.29 is 19.2 Å². The third-order valence-corrected chi connectivity index (χ3v) is 4.58. The fraction of sp³-hybridized carbons (Fsp3) is 0.529. The summed E-state index contributed by atoms with van der Waals surface area (Å²) >= 11 is 0. The van der Waals surface area contributed by atoms with Crippen LogP contribution >= 0.6 is 0 Å². The molecule has 4 amide bonds. The van der Waals surface area contributed by atoms with Crippen LogP contribution in [0.25, 0.3) is 0 Å². The van der Waals surface area contributed by atoms with Crippen LogP contribution in [-0.4, -0.2) is 58.0 Å². The van der Waals surface area contributed by atoms with Crippen molar-refractivity contribution in [3.8, 4) is 0 Å². The Morgan fingerprint density at radius 1 is 1.35 bits per heavy atom. The molecular weight excluding hydrogens is 338 g/mol. The molecule has 2 aliphatic rings. The molecule has 1 aromatic rings. The van der Waals surface area contributed by atoms with E-state index >= 15 is 0 Å². The standard InChI is InChI=1S/C17H23N5O4/c1-2-3-9-26-22-13-6-7-14(21(11-13)17(22)25)16(24)20-19-15(23)12-5-4-8-18-10-12/h4-5,8,10,13-14H,2-3,6-7,9,11H2,1H3,(H,19,23)(H,20,24)/t13-,14-/m0/s1. The highest BCUT2D eigenvalue weighted by Gasteiger charge is 2.47. The number of aromatic nitrogens is 1. The van der Waals surface area contributed by atoms with Crippen molar-refractivity contribution in [1.82, 2.24) is 25.8 Å². The number of piperidine rings is 1. The zero-order chi connectivity index (χ0) is 18.5. The largest absolute Gasteiger partial charge is 0.345 e. The highest BCUT2D eigenvalue weighted by Crippen LogP contribution is 2.30. The zero-order valence-corrected chi connectivity index (χ0v) is 14.7. The summed E-state index contributed by atoms with van der Waals surface area (Å²) in [6.45, 7) is 3.00. The van der Waals surface area contributed by atoms with Gasteiger partial charge in [0.05, 0.1) is 18.2 Å². The summed E-state index contributed by atoms with van der Waals surface area (Å²) in [4.78, 5) is 47.9. The van der Waals surface area contributed by atoms with Crippen molar-refractivity contribution in [2.45, 2.75) is 44.7 Å². The van der Waals surface area contributed by atoms with E-state index in [0.29, 0.717) is 31.6 Å². The van der Waals surface area contributed by atoms with Gasteiger partial charge < -0.3 is 4.90 Å². The molecular formula is C17H23N5O4. The maximum absolute atomic E-state index is 12.5. The number of amides is 4. The van der Waals surface area contributed by atoms with Gasteiger partial charge in [0.2, 0.25) is 0 Å². The first-order chi connectivity index (χ1) is 12.6. The van der Waals surface area contributed by atoms with E-state index in [1.807, 2.05) is 0 Å². The Morgan fingerprint density at radius 3 is 2.92 bits per heavy atom. The Hall–Kier alpha value is -2.68. The van der Waals surface area contributed by atoms with Crippen molar-refractivity contribution in [2.24, 2.45) is 0 Å². The number of nitrogens with zero attached hydrogens (tertiary/aromatic N) is 3. The van der Waals surface area contributed by atoms with Gasteiger partial charge in [-0.25, -0.2) is 4.79 Å². The van der Waals surface area contributed by atoms with Crippen LogP contribution in [0.2, 0.25) is 0 Å². The molecule has 0 aliphatic carbocycles. The van der Waals surface area contributed by atoms with Gasteiger partial charge in [-0.1, -0.05) is 13.3 Å². The van der Waals surface area contributed by atoms with Gasteiger partial charge in [0.25, 0.3) is 11.8 Å². The summed E-state index contributed by atoms with van der Waals surface area (Å²) in [7, 11) is 0. The van der Waals surface area contributed by atoms with Gasteiger partial charge in [0, 0.05) is 18.9 Å². The van der Waals surface area contributed by atoms with Gasteiger partial charge in [0.15, 0.2) is 0 Å².